The lowest BCUT2D eigenvalue weighted by molar-refractivity contribution is -0.0969. The number of pyridine rings is 1. The van der Waals surface area contributed by atoms with Gasteiger partial charge in [0, 0.05) is 19.4 Å². The molecule has 0 radical (unpaired) electrons. The van der Waals surface area contributed by atoms with Crippen molar-refractivity contribution < 1.29 is 14.6 Å². The van der Waals surface area contributed by atoms with Crippen LogP contribution < -0.4 is 0 Å². The molecule has 0 amide bonds. The van der Waals surface area contributed by atoms with Crippen molar-refractivity contribution >= 4 is 0 Å². The number of rotatable bonds is 4. The first-order valence-corrected chi connectivity index (χ1v) is 5.16. The van der Waals surface area contributed by atoms with Crippen LogP contribution in [0.4, 0.5) is 0 Å². The fourth-order valence-electron chi connectivity index (χ4n) is 1.05. The van der Waals surface area contributed by atoms with Crippen molar-refractivity contribution in [3.63, 3.8) is 0 Å². The lowest BCUT2D eigenvalue weighted by atomic mass is 10.3. The standard InChI is InChI=1S/C12H15NO3/c1-3-15-12(16-4-2)8-7-10-11(14)6-5-9-13-10/h5-6,9,12,14H,3-4H2,1-2H3. The van der Waals surface area contributed by atoms with Gasteiger partial charge in [0.1, 0.15) is 5.75 Å². The van der Waals surface area contributed by atoms with Crippen LogP contribution in [-0.4, -0.2) is 29.6 Å². The van der Waals surface area contributed by atoms with Gasteiger partial charge in [0.2, 0.25) is 6.29 Å². The Labute approximate surface area is 95.2 Å². The van der Waals surface area contributed by atoms with Crippen molar-refractivity contribution in [1.29, 1.82) is 0 Å². The molecule has 0 aliphatic heterocycles. The van der Waals surface area contributed by atoms with Crippen LogP contribution in [-0.2, 0) is 9.47 Å². The molecule has 0 fully saturated rings. The maximum atomic E-state index is 9.44. The van der Waals surface area contributed by atoms with E-state index in [9.17, 15) is 5.11 Å². The third kappa shape index (κ3) is 3.89. The van der Waals surface area contributed by atoms with Crippen LogP contribution in [0.15, 0.2) is 18.3 Å². The second kappa shape index (κ2) is 6.83. The van der Waals surface area contributed by atoms with Gasteiger partial charge in [-0.1, -0.05) is 0 Å². The maximum absolute atomic E-state index is 9.44. The topological polar surface area (TPSA) is 51.6 Å². The molecule has 1 aromatic rings. The van der Waals surface area contributed by atoms with Crippen molar-refractivity contribution in [3.8, 4) is 17.6 Å². The molecule has 1 aromatic heterocycles. The minimum absolute atomic E-state index is 0.0572. The number of hydrogen-bond acceptors (Lipinski definition) is 4. The van der Waals surface area contributed by atoms with Gasteiger partial charge in [-0.25, -0.2) is 4.98 Å². The number of hydrogen-bond donors (Lipinski definition) is 1. The fraction of sp³-hybridized carbons (Fsp3) is 0.417. The van der Waals surface area contributed by atoms with E-state index in [0.29, 0.717) is 18.9 Å². The highest BCUT2D eigenvalue weighted by atomic mass is 16.7. The summed E-state index contributed by atoms with van der Waals surface area (Å²) in [6, 6.07) is 3.18. The number of aromatic nitrogens is 1. The summed E-state index contributed by atoms with van der Waals surface area (Å²) in [5, 5.41) is 9.44. The van der Waals surface area contributed by atoms with Gasteiger partial charge < -0.3 is 14.6 Å². The summed E-state index contributed by atoms with van der Waals surface area (Å²) >= 11 is 0. The fourth-order valence-corrected chi connectivity index (χ4v) is 1.05. The monoisotopic (exact) mass is 221 g/mol. The van der Waals surface area contributed by atoms with Gasteiger partial charge in [-0.05, 0) is 37.8 Å². The first kappa shape index (κ1) is 12.5. The van der Waals surface area contributed by atoms with Crippen LogP contribution in [0.5, 0.6) is 5.75 Å². The van der Waals surface area contributed by atoms with Crippen LogP contribution in [0, 0.1) is 11.8 Å². The van der Waals surface area contributed by atoms with E-state index in [0.717, 1.165) is 0 Å². The van der Waals surface area contributed by atoms with Gasteiger partial charge in [-0.15, -0.1) is 0 Å². The molecule has 0 spiro atoms. The van der Waals surface area contributed by atoms with E-state index >= 15 is 0 Å². The molecule has 4 heteroatoms. The summed E-state index contributed by atoms with van der Waals surface area (Å²) < 4.78 is 10.5. The van der Waals surface area contributed by atoms with Gasteiger partial charge in [-0.2, -0.15) is 0 Å². The minimum atomic E-state index is -0.573. The van der Waals surface area contributed by atoms with Crippen LogP contribution >= 0.6 is 0 Å². The van der Waals surface area contributed by atoms with Crippen LogP contribution in [0.1, 0.15) is 19.5 Å². The third-order valence-electron chi connectivity index (χ3n) is 1.73. The van der Waals surface area contributed by atoms with Crippen molar-refractivity contribution in [3.05, 3.63) is 24.0 Å². The van der Waals surface area contributed by atoms with Gasteiger partial charge in [0.25, 0.3) is 0 Å². The van der Waals surface area contributed by atoms with Gasteiger partial charge in [-0.3, -0.25) is 0 Å². The molecule has 4 nitrogen and oxygen atoms in total. The summed E-state index contributed by atoms with van der Waals surface area (Å²) in [5.41, 5.74) is 0.326. The number of ether oxygens (including phenoxy) is 2. The molecular weight excluding hydrogens is 206 g/mol. The van der Waals surface area contributed by atoms with Gasteiger partial charge in [0.05, 0.1) is 0 Å². The average molecular weight is 221 g/mol. The molecule has 0 bridgehead atoms. The Balaban J connectivity index is 2.74. The highest BCUT2D eigenvalue weighted by Gasteiger charge is 2.03. The number of aromatic hydroxyl groups is 1. The summed E-state index contributed by atoms with van der Waals surface area (Å²) in [7, 11) is 0. The summed E-state index contributed by atoms with van der Waals surface area (Å²) in [5.74, 6) is 5.54. The van der Waals surface area contributed by atoms with Crippen molar-refractivity contribution in [1.82, 2.24) is 4.98 Å². The van der Waals surface area contributed by atoms with E-state index in [-0.39, 0.29) is 5.75 Å². The Morgan fingerprint density at radius 3 is 2.62 bits per heavy atom. The number of nitrogens with zero attached hydrogens (tertiary/aromatic N) is 1. The first-order valence-electron chi connectivity index (χ1n) is 5.16. The maximum Gasteiger partial charge on any atom is 0.222 e. The molecule has 0 aromatic carbocycles. The molecule has 1 heterocycles. The molecule has 0 aliphatic carbocycles. The van der Waals surface area contributed by atoms with Gasteiger partial charge in [0.15, 0.2) is 5.69 Å². The molecule has 1 rings (SSSR count). The molecule has 1 N–H and O–H groups in total. The normalized spacial score (nSPS) is 9.94. The predicted molar refractivity (Wildman–Crippen MR) is 59.8 cm³/mol. The summed E-state index contributed by atoms with van der Waals surface area (Å²) in [6.45, 7) is 4.78. The quantitative estimate of drug-likeness (QED) is 0.619. The second-order valence-corrected chi connectivity index (χ2v) is 2.88. The van der Waals surface area contributed by atoms with Crippen LogP contribution in [0.3, 0.4) is 0 Å². The molecule has 86 valence electrons. The van der Waals surface area contributed by atoms with E-state index in [1.807, 2.05) is 13.8 Å². The lowest BCUT2D eigenvalue weighted by Gasteiger charge is -2.09. The SMILES string of the molecule is CCOC(C#Cc1ncccc1O)OCC. The van der Waals surface area contributed by atoms with E-state index in [1.165, 1.54) is 6.07 Å². The summed E-state index contributed by atoms with van der Waals surface area (Å²) in [6.07, 6.45) is 0.997. The Morgan fingerprint density at radius 2 is 2.06 bits per heavy atom. The minimum Gasteiger partial charge on any atom is -0.505 e. The zero-order chi connectivity index (χ0) is 11.8. The summed E-state index contributed by atoms with van der Waals surface area (Å²) in [4.78, 5) is 3.94. The molecule has 0 unspecified atom stereocenters. The zero-order valence-corrected chi connectivity index (χ0v) is 9.43. The molecule has 0 saturated heterocycles. The van der Waals surface area contributed by atoms with E-state index < -0.39 is 6.29 Å². The van der Waals surface area contributed by atoms with Crippen molar-refractivity contribution in [2.45, 2.75) is 20.1 Å². The van der Waals surface area contributed by atoms with E-state index in [2.05, 4.69) is 16.8 Å². The first-order chi connectivity index (χ1) is 7.77. The van der Waals surface area contributed by atoms with Crippen molar-refractivity contribution in [2.24, 2.45) is 0 Å². The Hall–Kier alpha value is -1.57. The third-order valence-corrected chi connectivity index (χ3v) is 1.73. The molecule has 0 saturated carbocycles. The van der Waals surface area contributed by atoms with Crippen molar-refractivity contribution in [2.75, 3.05) is 13.2 Å². The highest BCUT2D eigenvalue weighted by molar-refractivity contribution is 5.39. The molecule has 0 aliphatic rings. The smallest absolute Gasteiger partial charge is 0.222 e. The predicted octanol–water partition coefficient (Wildman–Crippen LogP) is 1.54. The van der Waals surface area contributed by atoms with Crippen LogP contribution in [0.2, 0.25) is 0 Å². The van der Waals surface area contributed by atoms with E-state index in [1.54, 1.807) is 12.3 Å². The second-order valence-electron chi connectivity index (χ2n) is 2.88. The van der Waals surface area contributed by atoms with Gasteiger partial charge >= 0.3 is 0 Å². The molecule has 0 atom stereocenters. The molecule has 16 heavy (non-hydrogen) atoms. The Bertz CT molecular complexity index is 375. The van der Waals surface area contributed by atoms with E-state index in [4.69, 9.17) is 9.47 Å². The average Bonchev–Trinajstić information content (AvgIpc) is 2.28. The van der Waals surface area contributed by atoms with Crippen LogP contribution in [0.25, 0.3) is 0 Å². The largest absolute Gasteiger partial charge is 0.505 e. The lowest BCUT2D eigenvalue weighted by Crippen LogP contribution is -2.14. The Morgan fingerprint density at radius 1 is 1.38 bits per heavy atom. The zero-order valence-electron chi connectivity index (χ0n) is 9.43. The molecular formula is C12H15NO3. The highest BCUT2D eigenvalue weighted by Crippen LogP contribution is 2.10. The Kier molecular flexibility index (Phi) is 5.34.